The topological polar surface area (TPSA) is 204 Å². The van der Waals surface area contributed by atoms with E-state index < -0.39 is 101 Å². The minimum atomic E-state index is -4.66. The molecule has 5 aliphatic rings. The van der Waals surface area contributed by atoms with Crippen LogP contribution in [-0.4, -0.2) is 114 Å². The zero-order chi connectivity index (χ0) is 31.8. The summed E-state index contributed by atoms with van der Waals surface area (Å²) in [5.41, 5.74) is 6.07. The molecule has 45 heavy (non-hydrogen) atoms. The molecule has 12 atom stereocenters. The lowest BCUT2D eigenvalue weighted by atomic mass is 10.0. The summed E-state index contributed by atoms with van der Waals surface area (Å²) in [6.07, 6.45) is -11.7. The van der Waals surface area contributed by atoms with E-state index >= 15 is 8.78 Å². The van der Waals surface area contributed by atoms with E-state index in [1.54, 1.807) is 0 Å². The van der Waals surface area contributed by atoms with Gasteiger partial charge in [0.25, 0.3) is 14.9 Å². The largest absolute Gasteiger partial charge is 0.382 e. The van der Waals surface area contributed by atoms with Crippen LogP contribution < -0.4 is 16.4 Å². The van der Waals surface area contributed by atoms with E-state index in [2.05, 4.69) is 25.6 Å². The summed E-state index contributed by atoms with van der Waals surface area (Å²) < 4.78 is 107. The van der Waals surface area contributed by atoms with E-state index in [1.807, 2.05) is 0 Å². The molecule has 1 amide bonds. The van der Waals surface area contributed by atoms with Crippen LogP contribution in [0.1, 0.15) is 6.23 Å². The number of aromatic nitrogens is 4. The van der Waals surface area contributed by atoms with Gasteiger partial charge in [0.1, 0.15) is 54.2 Å². The SMILES string of the molecule is [B][P@]1(=O)OC[C@H]2O[C@@H](n3cnc4c(N)ncnc43)[C@@H](F)C2O[P@@]([B])(=O)OC[C@H]2O[C@@H](N3C=C(F)C4C(=O)NCNC43)[C@@H](F)C2O1. The number of halogens is 3. The monoisotopic (exact) mass is 672 g/mol. The number of fused-ring (bicyclic) bond motifs is 4. The van der Waals surface area contributed by atoms with Crippen LogP contribution in [0.2, 0.25) is 0 Å². The summed E-state index contributed by atoms with van der Waals surface area (Å²) >= 11 is 0. The lowest BCUT2D eigenvalue weighted by Gasteiger charge is -2.37. The summed E-state index contributed by atoms with van der Waals surface area (Å²) in [5.74, 6) is -2.76. The van der Waals surface area contributed by atoms with Crippen molar-refractivity contribution >= 4 is 53.0 Å². The number of nitrogens with one attached hydrogen (secondary N) is 2. The van der Waals surface area contributed by atoms with Gasteiger partial charge in [-0.3, -0.25) is 23.8 Å². The van der Waals surface area contributed by atoms with Gasteiger partial charge < -0.3 is 43.5 Å². The van der Waals surface area contributed by atoms with Gasteiger partial charge in [-0.25, -0.2) is 28.1 Å². The Kier molecular flexibility index (Phi) is 7.81. The zero-order valence-electron chi connectivity index (χ0n) is 22.8. The van der Waals surface area contributed by atoms with Gasteiger partial charge in [0, 0.05) is 6.20 Å². The predicted molar refractivity (Wildman–Crippen MR) is 145 cm³/mol. The van der Waals surface area contributed by atoms with Crippen molar-refractivity contribution in [2.24, 2.45) is 5.92 Å². The number of ether oxygens (including phenoxy) is 2. The molecule has 4 radical (unpaired) electrons. The third-order valence-electron chi connectivity index (χ3n) is 7.93. The molecular formula is C21H23B2F3N8O9P2. The molecule has 0 spiro atoms. The smallest absolute Gasteiger partial charge is 0.264 e. The second-order valence-electron chi connectivity index (χ2n) is 10.7. The van der Waals surface area contributed by atoms with Gasteiger partial charge >= 0.3 is 0 Å². The second-order valence-corrected chi connectivity index (χ2v) is 13.8. The standard InChI is InChI=1S/C21H23B2F3N8O9P2/c22-44(36)39-3-9-15(12(26)21(41-9)34-6-32-13-16(27)28-4-30-18(13)34)43-45(23,37)38-2-8-14(42-44)11(25)20(40-8)33-1-7(24)10-17(33)29-5-31-19(10)35/h1,4,6,8-12,14-15,17,20-21,29H,2-3,5H2,(H,31,35)(H2,27,28,30)/t8-,9-,10?,11+,12+,14?,15?,17?,20-,21-,44+,45+/m1/s1. The highest BCUT2D eigenvalue weighted by molar-refractivity contribution is 7.79. The number of nitrogen functional groups attached to an aromatic ring is 1. The molecule has 0 bridgehead atoms. The van der Waals surface area contributed by atoms with Crippen molar-refractivity contribution in [2.45, 2.75) is 55.4 Å². The first-order chi connectivity index (χ1) is 21.3. The van der Waals surface area contributed by atoms with Crippen LogP contribution in [0.5, 0.6) is 0 Å². The molecule has 0 saturated carbocycles. The normalized spacial score (nSPS) is 43.9. The van der Waals surface area contributed by atoms with Gasteiger partial charge in [-0.15, -0.1) is 0 Å². The van der Waals surface area contributed by atoms with E-state index in [0.29, 0.717) is 0 Å². The maximum atomic E-state index is 16.0. The fraction of sp³-hybridized carbons (Fsp3) is 0.619. The lowest BCUT2D eigenvalue weighted by molar-refractivity contribution is -0.132. The Morgan fingerprint density at radius 3 is 2.27 bits per heavy atom. The summed E-state index contributed by atoms with van der Waals surface area (Å²) in [4.78, 5) is 25.2. The number of carbonyl (C=O) groups is 1. The number of amides is 1. The van der Waals surface area contributed by atoms with Crippen LogP contribution in [-0.2, 0) is 41.5 Å². The number of carbonyl (C=O) groups excluding carboxylic acids is 1. The highest BCUT2D eigenvalue weighted by Gasteiger charge is 2.56. The van der Waals surface area contributed by atoms with Crippen LogP contribution in [0.3, 0.4) is 0 Å². The van der Waals surface area contributed by atoms with Crippen LogP contribution in [0.25, 0.3) is 11.2 Å². The van der Waals surface area contributed by atoms with Crippen LogP contribution in [0.15, 0.2) is 24.7 Å². The van der Waals surface area contributed by atoms with Crippen molar-refractivity contribution in [1.29, 1.82) is 0 Å². The number of hydrogen-bond acceptors (Lipinski definition) is 15. The van der Waals surface area contributed by atoms with E-state index in [9.17, 15) is 18.3 Å². The maximum absolute atomic E-state index is 16.0. The first-order valence-corrected chi connectivity index (χ1v) is 16.7. The first-order valence-electron chi connectivity index (χ1n) is 13.4. The van der Waals surface area contributed by atoms with Crippen molar-refractivity contribution in [3.63, 3.8) is 0 Å². The summed E-state index contributed by atoms with van der Waals surface area (Å²) in [6, 6.07) is 0. The molecule has 0 aliphatic carbocycles. The quantitative estimate of drug-likeness (QED) is 0.280. The van der Waals surface area contributed by atoms with E-state index in [0.717, 1.165) is 17.4 Å². The van der Waals surface area contributed by atoms with Crippen molar-refractivity contribution in [3.05, 3.63) is 24.7 Å². The van der Waals surface area contributed by atoms with Gasteiger partial charge in [-0.05, 0) is 0 Å². The fourth-order valence-electron chi connectivity index (χ4n) is 5.89. The third kappa shape index (κ3) is 5.49. The second kappa shape index (κ2) is 11.3. The van der Waals surface area contributed by atoms with Gasteiger partial charge in [0.2, 0.25) is 21.0 Å². The number of nitrogens with two attached hydrogens (primary N) is 1. The average Bonchev–Trinajstić information content (AvgIpc) is 3.71. The molecule has 24 heteroatoms. The van der Waals surface area contributed by atoms with Gasteiger partial charge in [0.15, 0.2) is 36.3 Å². The van der Waals surface area contributed by atoms with Crippen molar-refractivity contribution in [3.8, 4) is 0 Å². The number of imidazole rings is 1. The molecule has 4 N–H and O–H groups in total. The molecule has 7 heterocycles. The number of alkyl halides is 2. The highest BCUT2D eigenvalue weighted by atomic mass is 31.2. The molecule has 2 aromatic heterocycles. The molecule has 4 saturated heterocycles. The maximum Gasteiger partial charge on any atom is 0.264 e. The number of anilines is 1. The number of hydrogen-bond donors (Lipinski definition) is 3. The molecule has 0 aromatic carbocycles. The molecule has 238 valence electrons. The Balaban J connectivity index is 1.13. The van der Waals surface area contributed by atoms with Gasteiger partial charge in [0.05, 0.1) is 26.2 Å². The molecule has 5 aliphatic heterocycles. The molecule has 7 rings (SSSR count). The number of rotatable bonds is 2. The molecule has 2 aromatic rings. The predicted octanol–water partition coefficient (Wildman–Crippen LogP) is -0.177. The minimum Gasteiger partial charge on any atom is -0.382 e. The number of nitrogens with zero attached hydrogens (tertiary/aromatic N) is 5. The van der Waals surface area contributed by atoms with Crippen molar-refractivity contribution in [2.75, 3.05) is 25.6 Å². The van der Waals surface area contributed by atoms with Gasteiger partial charge in [-0.1, -0.05) is 0 Å². The first kappa shape index (κ1) is 31.1. The molecule has 4 unspecified atom stereocenters. The summed E-state index contributed by atoms with van der Waals surface area (Å²) in [5, 5.41) is 5.28. The Labute approximate surface area is 254 Å². The summed E-state index contributed by atoms with van der Waals surface area (Å²) in [6.45, 7) is -1.59. The van der Waals surface area contributed by atoms with E-state index in [1.165, 1.54) is 10.9 Å². The minimum absolute atomic E-state index is 0.0201. The molecular weight excluding hydrogens is 649 g/mol. The van der Waals surface area contributed by atoms with E-state index in [4.69, 9.17) is 48.4 Å². The lowest BCUT2D eigenvalue weighted by Crippen LogP contribution is -2.60. The van der Waals surface area contributed by atoms with Crippen molar-refractivity contribution < 1.29 is 54.7 Å². The Hall–Kier alpha value is -2.54. The van der Waals surface area contributed by atoms with Crippen LogP contribution in [0.4, 0.5) is 19.0 Å². The fourth-order valence-corrected chi connectivity index (χ4v) is 7.90. The Morgan fingerprint density at radius 2 is 1.60 bits per heavy atom. The summed E-state index contributed by atoms with van der Waals surface area (Å²) in [7, 11) is 2.28. The van der Waals surface area contributed by atoms with Crippen LogP contribution in [0, 0.1) is 5.92 Å². The third-order valence-corrected chi connectivity index (χ3v) is 10.0. The van der Waals surface area contributed by atoms with Crippen molar-refractivity contribution in [1.82, 2.24) is 35.1 Å². The van der Waals surface area contributed by atoms with E-state index in [-0.39, 0.29) is 23.7 Å². The highest BCUT2D eigenvalue weighted by Crippen LogP contribution is 2.53. The Morgan fingerprint density at radius 1 is 0.978 bits per heavy atom. The average molecular weight is 672 g/mol. The Bertz CT molecular complexity index is 1650. The zero-order valence-corrected chi connectivity index (χ0v) is 24.6. The molecule has 4 fully saturated rings. The van der Waals surface area contributed by atoms with Crippen LogP contribution >= 0.6 is 14.9 Å². The molecule has 17 nitrogen and oxygen atoms in total. The van der Waals surface area contributed by atoms with Gasteiger partial charge in [-0.2, -0.15) is 0 Å².